The Bertz CT molecular complexity index is 428. The first kappa shape index (κ1) is 14.1. The highest BCUT2D eigenvalue weighted by Gasteiger charge is 2.19. The van der Waals surface area contributed by atoms with Crippen molar-refractivity contribution in [3.05, 3.63) is 29.3 Å². The van der Waals surface area contributed by atoms with Gasteiger partial charge in [0.1, 0.15) is 0 Å². The van der Waals surface area contributed by atoms with Crippen LogP contribution >= 0.6 is 0 Å². The van der Waals surface area contributed by atoms with Gasteiger partial charge in [-0.05, 0) is 76.0 Å². The van der Waals surface area contributed by atoms with Crippen molar-refractivity contribution in [3.63, 3.8) is 0 Å². The van der Waals surface area contributed by atoms with E-state index in [4.69, 9.17) is 0 Å². The third-order valence-corrected chi connectivity index (χ3v) is 3.82. The Kier molecular flexibility index (Phi) is 4.59. The summed E-state index contributed by atoms with van der Waals surface area (Å²) >= 11 is 0. The second-order valence-corrected chi connectivity index (χ2v) is 5.88. The summed E-state index contributed by atoms with van der Waals surface area (Å²) in [6, 6.07) is 6.17. The Morgan fingerprint density at radius 1 is 1.21 bits per heavy atom. The maximum absolute atomic E-state index is 12.1. The molecule has 0 radical (unpaired) electrons. The van der Waals surface area contributed by atoms with Crippen LogP contribution in [0.4, 0.5) is 5.69 Å². The molecule has 0 bridgehead atoms. The molecule has 0 atom stereocenters. The molecule has 1 aliphatic heterocycles. The van der Waals surface area contributed by atoms with E-state index in [-0.39, 0.29) is 5.91 Å². The van der Waals surface area contributed by atoms with Gasteiger partial charge < -0.3 is 10.2 Å². The molecule has 1 fully saturated rings. The SMILES string of the molecule is Cc1cc(C)cc(NC(=O)CC2CCN(C)CC2)c1. The van der Waals surface area contributed by atoms with Crippen molar-refractivity contribution < 1.29 is 4.79 Å². The zero-order valence-corrected chi connectivity index (χ0v) is 12.2. The summed E-state index contributed by atoms with van der Waals surface area (Å²) in [6.07, 6.45) is 2.92. The smallest absolute Gasteiger partial charge is 0.224 e. The van der Waals surface area contributed by atoms with E-state index in [1.165, 1.54) is 11.1 Å². The van der Waals surface area contributed by atoms with Gasteiger partial charge in [0.25, 0.3) is 0 Å². The fraction of sp³-hybridized carbons (Fsp3) is 0.562. The van der Waals surface area contributed by atoms with Gasteiger partial charge in [-0.25, -0.2) is 0 Å². The van der Waals surface area contributed by atoms with Gasteiger partial charge in [0.2, 0.25) is 5.91 Å². The van der Waals surface area contributed by atoms with Crippen molar-refractivity contribution >= 4 is 11.6 Å². The monoisotopic (exact) mass is 260 g/mol. The third kappa shape index (κ3) is 4.35. The molecule has 1 heterocycles. The summed E-state index contributed by atoms with van der Waals surface area (Å²) in [5, 5.41) is 3.03. The van der Waals surface area contributed by atoms with Crippen LogP contribution in [-0.2, 0) is 4.79 Å². The van der Waals surface area contributed by atoms with Crippen molar-refractivity contribution in [2.75, 3.05) is 25.5 Å². The highest BCUT2D eigenvalue weighted by atomic mass is 16.1. The van der Waals surface area contributed by atoms with Gasteiger partial charge in [0.05, 0.1) is 0 Å². The summed E-state index contributed by atoms with van der Waals surface area (Å²) < 4.78 is 0. The highest BCUT2D eigenvalue weighted by molar-refractivity contribution is 5.91. The molecule has 1 aromatic rings. The summed E-state index contributed by atoms with van der Waals surface area (Å²) in [5.41, 5.74) is 3.31. The molecule has 0 aliphatic carbocycles. The number of anilines is 1. The maximum Gasteiger partial charge on any atom is 0.224 e. The number of carbonyl (C=O) groups excluding carboxylic acids is 1. The number of nitrogens with one attached hydrogen (secondary N) is 1. The molecule has 19 heavy (non-hydrogen) atoms. The largest absolute Gasteiger partial charge is 0.326 e. The van der Waals surface area contributed by atoms with E-state index in [0.717, 1.165) is 31.6 Å². The molecular formula is C16H24N2O. The maximum atomic E-state index is 12.1. The number of rotatable bonds is 3. The van der Waals surface area contributed by atoms with E-state index in [1.807, 2.05) is 12.1 Å². The van der Waals surface area contributed by atoms with Crippen molar-refractivity contribution in [2.24, 2.45) is 5.92 Å². The standard InChI is InChI=1S/C16H24N2O/c1-12-8-13(2)10-15(9-12)17-16(19)11-14-4-6-18(3)7-5-14/h8-10,14H,4-7,11H2,1-3H3,(H,17,19). The van der Waals surface area contributed by atoms with E-state index in [2.05, 4.69) is 37.2 Å². The number of piperidine rings is 1. The molecule has 0 unspecified atom stereocenters. The van der Waals surface area contributed by atoms with Gasteiger partial charge in [-0.15, -0.1) is 0 Å². The second kappa shape index (κ2) is 6.20. The molecule has 1 amide bonds. The fourth-order valence-electron chi connectivity index (χ4n) is 2.79. The molecule has 2 rings (SSSR count). The first-order chi connectivity index (χ1) is 9.02. The summed E-state index contributed by atoms with van der Waals surface area (Å²) in [5.74, 6) is 0.696. The minimum absolute atomic E-state index is 0.152. The van der Waals surface area contributed by atoms with Crippen LogP contribution in [0.1, 0.15) is 30.4 Å². The van der Waals surface area contributed by atoms with Gasteiger partial charge in [-0.1, -0.05) is 6.07 Å². The molecule has 1 aromatic carbocycles. The Balaban J connectivity index is 1.87. The lowest BCUT2D eigenvalue weighted by molar-refractivity contribution is -0.117. The van der Waals surface area contributed by atoms with Gasteiger partial charge in [-0.2, -0.15) is 0 Å². The zero-order chi connectivity index (χ0) is 13.8. The molecule has 1 N–H and O–H groups in total. The van der Waals surface area contributed by atoms with E-state index < -0.39 is 0 Å². The van der Waals surface area contributed by atoms with Gasteiger partial charge in [0.15, 0.2) is 0 Å². The number of carbonyl (C=O) groups is 1. The average Bonchev–Trinajstić information content (AvgIpc) is 2.30. The molecule has 104 valence electrons. The fourth-order valence-corrected chi connectivity index (χ4v) is 2.79. The van der Waals surface area contributed by atoms with Crippen LogP contribution in [0.2, 0.25) is 0 Å². The van der Waals surface area contributed by atoms with Crippen LogP contribution in [0.3, 0.4) is 0 Å². The summed E-state index contributed by atoms with van der Waals surface area (Å²) in [6.45, 7) is 6.34. The molecule has 3 nitrogen and oxygen atoms in total. The lowest BCUT2D eigenvalue weighted by atomic mass is 9.93. The topological polar surface area (TPSA) is 32.3 Å². The molecule has 1 aliphatic rings. The number of nitrogens with zero attached hydrogens (tertiary/aromatic N) is 1. The Morgan fingerprint density at radius 2 is 1.79 bits per heavy atom. The van der Waals surface area contributed by atoms with Gasteiger partial charge in [0, 0.05) is 12.1 Å². The van der Waals surface area contributed by atoms with E-state index in [9.17, 15) is 4.79 Å². The second-order valence-electron chi connectivity index (χ2n) is 5.88. The number of aryl methyl sites for hydroxylation is 2. The Morgan fingerprint density at radius 3 is 2.37 bits per heavy atom. The van der Waals surface area contributed by atoms with Crippen LogP contribution in [0, 0.1) is 19.8 Å². The molecule has 3 heteroatoms. The number of benzene rings is 1. The number of amides is 1. The van der Waals surface area contributed by atoms with Crippen LogP contribution in [0.25, 0.3) is 0 Å². The third-order valence-electron chi connectivity index (χ3n) is 3.82. The van der Waals surface area contributed by atoms with Crippen LogP contribution < -0.4 is 5.32 Å². The van der Waals surface area contributed by atoms with Crippen LogP contribution in [0.5, 0.6) is 0 Å². The number of hydrogen-bond acceptors (Lipinski definition) is 2. The Hall–Kier alpha value is -1.35. The van der Waals surface area contributed by atoms with Crippen molar-refractivity contribution in [2.45, 2.75) is 33.1 Å². The predicted molar refractivity (Wildman–Crippen MR) is 79.4 cm³/mol. The van der Waals surface area contributed by atoms with Crippen LogP contribution in [0.15, 0.2) is 18.2 Å². The minimum atomic E-state index is 0.152. The van der Waals surface area contributed by atoms with Crippen LogP contribution in [-0.4, -0.2) is 30.9 Å². The summed E-state index contributed by atoms with van der Waals surface area (Å²) in [4.78, 5) is 14.4. The van der Waals surface area contributed by atoms with E-state index in [0.29, 0.717) is 12.3 Å². The molecule has 0 aromatic heterocycles. The van der Waals surface area contributed by atoms with Gasteiger partial charge >= 0.3 is 0 Å². The lowest BCUT2D eigenvalue weighted by Crippen LogP contribution is -2.31. The number of hydrogen-bond donors (Lipinski definition) is 1. The van der Waals surface area contributed by atoms with E-state index in [1.54, 1.807) is 0 Å². The molecule has 1 saturated heterocycles. The van der Waals surface area contributed by atoms with Gasteiger partial charge in [-0.3, -0.25) is 4.79 Å². The zero-order valence-electron chi connectivity index (χ0n) is 12.2. The van der Waals surface area contributed by atoms with Crippen molar-refractivity contribution in [3.8, 4) is 0 Å². The van der Waals surface area contributed by atoms with Crippen molar-refractivity contribution in [1.82, 2.24) is 4.90 Å². The average molecular weight is 260 g/mol. The van der Waals surface area contributed by atoms with Crippen molar-refractivity contribution in [1.29, 1.82) is 0 Å². The highest BCUT2D eigenvalue weighted by Crippen LogP contribution is 2.21. The predicted octanol–water partition coefficient (Wildman–Crippen LogP) is 2.97. The molecular weight excluding hydrogens is 236 g/mol. The Labute approximate surface area is 116 Å². The molecule has 0 spiro atoms. The van der Waals surface area contributed by atoms with E-state index >= 15 is 0 Å². The first-order valence-corrected chi connectivity index (χ1v) is 7.09. The lowest BCUT2D eigenvalue weighted by Gasteiger charge is -2.28. The normalized spacial score (nSPS) is 17.4. The quantitative estimate of drug-likeness (QED) is 0.906. The number of likely N-dealkylation sites (tertiary alicyclic amines) is 1. The molecule has 0 saturated carbocycles. The minimum Gasteiger partial charge on any atom is -0.326 e. The first-order valence-electron chi connectivity index (χ1n) is 7.09. The summed E-state index contributed by atoms with van der Waals surface area (Å²) in [7, 11) is 2.14.